The molecule has 1 aromatic carbocycles. The molecule has 1 aromatic heterocycles. The molecule has 1 saturated carbocycles. The maximum absolute atomic E-state index is 8.88. The Morgan fingerprint density at radius 3 is 2.52 bits per heavy atom. The van der Waals surface area contributed by atoms with Crippen molar-refractivity contribution in [3.63, 3.8) is 0 Å². The van der Waals surface area contributed by atoms with Crippen LogP contribution in [-0.4, -0.2) is 22.8 Å². The number of benzene rings is 1. The van der Waals surface area contributed by atoms with Crippen LogP contribution in [0.1, 0.15) is 37.3 Å². The van der Waals surface area contributed by atoms with Gasteiger partial charge in [-0.25, -0.2) is 4.98 Å². The number of hydrogen-bond acceptors (Lipinski definition) is 3. The van der Waals surface area contributed by atoms with E-state index in [-0.39, 0.29) is 0 Å². The van der Waals surface area contributed by atoms with E-state index >= 15 is 0 Å². The van der Waals surface area contributed by atoms with Crippen LogP contribution in [0.25, 0.3) is 11.4 Å². The van der Waals surface area contributed by atoms with Crippen LogP contribution in [0.3, 0.4) is 0 Å². The molecule has 1 aliphatic carbocycles. The molecule has 0 saturated heterocycles. The number of nitrogens with zero attached hydrogens (tertiary/aromatic N) is 3. The van der Waals surface area contributed by atoms with Crippen molar-refractivity contribution in [1.29, 1.82) is 5.26 Å². The maximum Gasteiger partial charge on any atom is 0.140 e. The highest BCUT2D eigenvalue weighted by Crippen LogP contribution is 2.32. The molecule has 0 N–H and O–H groups in total. The summed E-state index contributed by atoms with van der Waals surface area (Å²) < 4.78 is 7.71. The standard InChI is InChI=1S/C17H19N3O/c1-21-16-8-6-15(7-9-16)20-11-10-19-17(20)14-4-2-13(12-18)3-5-14/h2-5,10-11,15-16H,6-9H2,1H3. The van der Waals surface area contributed by atoms with Crippen LogP contribution in [0.4, 0.5) is 0 Å². The van der Waals surface area contributed by atoms with Crippen molar-refractivity contribution in [3.05, 3.63) is 42.2 Å². The van der Waals surface area contributed by atoms with E-state index in [0.29, 0.717) is 17.7 Å². The van der Waals surface area contributed by atoms with Crippen molar-refractivity contribution in [2.45, 2.75) is 37.8 Å². The highest BCUT2D eigenvalue weighted by Gasteiger charge is 2.23. The predicted octanol–water partition coefficient (Wildman–Crippen LogP) is 3.55. The van der Waals surface area contributed by atoms with Crippen LogP contribution < -0.4 is 0 Å². The van der Waals surface area contributed by atoms with Crippen molar-refractivity contribution in [2.75, 3.05) is 7.11 Å². The average Bonchev–Trinajstić information content (AvgIpc) is 3.04. The van der Waals surface area contributed by atoms with E-state index in [1.165, 1.54) is 0 Å². The molecule has 0 spiro atoms. The summed E-state index contributed by atoms with van der Waals surface area (Å²) in [6.07, 6.45) is 8.78. The molecule has 0 bridgehead atoms. The van der Waals surface area contributed by atoms with Gasteiger partial charge >= 0.3 is 0 Å². The van der Waals surface area contributed by atoms with Crippen molar-refractivity contribution in [3.8, 4) is 17.5 Å². The lowest BCUT2D eigenvalue weighted by Crippen LogP contribution is -2.22. The van der Waals surface area contributed by atoms with Crippen molar-refractivity contribution >= 4 is 0 Å². The first kappa shape index (κ1) is 13.8. The van der Waals surface area contributed by atoms with Gasteiger partial charge in [0.2, 0.25) is 0 Å². The Balaban J connectivity index is 1.82. The Bertz CT molecular complexity index is 631. The average molecular weight is 281 g/mol. The van der Waals surface area contributed by atoms with E-state index in [2.05, 4.69) is 21.8 Å². The van der Waals surface area contributed by atoms with Gasteiger partial charge in [0.05, 0.1) is 17.7 Å². The fourth-order valence-corrected chi connectivity index (χ4v) is 3.08. The van der Waals surface area contributed by atoms with Gasteiger partial charge in [0.15, 0.2) is 0 Å². The molecule has 0 aliphatic heterocycles. The Morgan fingerprint density at radius 2 is 1.90 bits per heavy atom. The molecule has 1 fully saturated rings. The molecular formula is C17H19N3O. The molecule has 21 heavy (non-hydrogen) atoms. The van der Waals surface area contributed by atoms with E-state index in [1.807, 2.05) is 30.5 Å². The van der Waals surface area contributed by atoms with Gasteiger partial charge in [-0.05, 0) is 49.9 Å². The first-order valence-electron chi connectivity index (χ1n) is 7.38. The number of methoxy groups -OCH3 is 1. The molecule has 0 amide bonds. The van der Waals surface area contributed by atoms with Gasteiger partial charge in [-0.1, -0.05) is 0 Å². The van der Waals surface area contributed by atoms with E-state index < -0.39 is 0 Å². The predicted molar refractivity (Wildman–Crippen MR) is 80.7 cm³/mol. The lowest BCUT2D eigenvalue weighted by molar-refractivity contribution is 0.0586. The van der Waals surface area contributed by atoms with Crippen molar-refractivity contribution in [1.82, 2.24) is 9.55 Å². The number of imidazole rings is 1. The number of rotatable bonds is 3. The highest BCUT2D eigenvalue weighted by atomic mass is 16.5. The summed E-state index contributed by atoms with van der Waals surface area (Å²) in [5.74, 6) is 0.986. The van der Waals surface area contributed by atoms with Gasteiger partial charge in [0.25, 0.3) is 0 Å². The van der Waals surface area contributed by atoms with E-state index in [1.54, 1.807) is 7.11 Å². The third-order valence-corrected chi connectivity index (χ3v) is 4.31. The van der Waals surface area contributed by atoms with Crippen LogP contribution in [0.5, 0.6) is 0 Å². The van der Waals surface area contributed by atoms with Gasteiger partial charge in [-0.3, -0.25) is 0 Å². The molecule has 1 aliphatic rings. The monoisotopic (exact) mass is 281 g/mol. The summed E-state index contributed by atoms with van der Waals surface area (Å²) in [5.41, 5.74) is 1.74. The van der Waals surface area contributed by atoms with Crippen LogP contribution >= 0.6 is 0 Å². The van der Waals surface area contributed by atoms with Gasteiger partial charge in [0, 0.05) is 31.1 Å². The molecule has 2 aromatic rings. The first-order chi connectivity index (χ1) is 10.3. The number of nitriles is 1. The summed E-state index contributed by atoms with van der Waals surface area (Å²) in [7, 11) is 1.80. The summed E-state index contributed by atoms with van der Waals surface area (Å²) in [4.78, 5) is 4.51. The van der Waals surface area contributed by atoms with Crippen LogP contribution in [0.2, 0.25) is 0 Å². The molecule has 0 unspecified atom stereocenters. The third-order valence-electron chi connectivity index (χ3n) is 4.31. The van der Waals surface area contributed by atoms with Crippen LogP contribution in [0.15, 0.2) is 36.7 Å². The Kier molecular flexibility index (Phi) is 4.03. The Hall–Kier alpha value is -2.12. The first-order valence-corrected chi connectivity index (χ1v) is 7.38. The second-order valence-corrected chi connectivity index (χ2v) is 5.51. The maximum atomic E-state index is 8.88. The fourth-order valence-electron chi connectivity index (χ4n) is 3.08. The minimum Gasteiger partial charge on any atom is -0.381 e. The number of hydrogen-bond donors (Lipinski definition) is 0. The molecule has 108 valence electrons. The van der Waals surface area contributed by atoms with Gasteiger partial charge in [0.1, 0.15) is 5.82 Å². The lowest BCUT2D eigenvalue weighted by Gasteiger charge is -2.29. The van der Waals surface area contributed by atoms with Gasteiger partial charge in [-0.2, -0.15) is 5.26 Å². The Morgan fingerprint density at radius 1 is 1.19 bits per heavy atom. The largest absolute Gasteiger partial charge is 0.381 e. The molecular weight excluding hydrogens is 262 g/mol. The second-order valence-electron chi connectivity index (χ2n) is 5.51. The third kappa shape index (κ3) is 2.84. The van der Waals surface area contributed by atoms with Gasteiger partial charge < -0.3 is 9.30 Å². The smallest absolute Gasteiger partial charge is 0.140 e. The summed E-state index contributed by atoms with van der Waals surface area (Å²) in [6, 6.07) is 10.3. The SMILES string of the molecule is COC1CCC(n2ccnc2-c2ccc(C#N)cc2)CC1. The molecule has 1 heterocycles. The zero-order chi connectivity index (χ0) is 14.7. The number of aromatic nitrogens is 2. The van der Waals surface area contributed by atoms with Gasteiger partial charge in [-0.15, -0.1) is 0 Å². The van der Waals surface area contributed by atoms with Crippen molar-refractivity contribution in [2.24, 2.45) is 0 Å². The topological polar surface area (TPSA) is 50.8 Å². The normalized spacial score (nSPS) is 21.9. The van der Waals surface area contributed by atoms with E-state index in [0.717, 1.165) is 37.1 Å². The van der Waals surface area contributed by atoms with Crippen LogP contribution in [-0.2, 0) is 4.74 Å². The zero-order valence-corrected chi connectivity index (χ0v) is 12.2. The minimum atomic E-state index is 0.406. The molecule has 0 atom stereocenters. The molecule has 3 rings (SSSR count). The lowest BCUT2D eigenvalue weighted by atomic mass is 9.92. The minimum absolute atomic E-state index is 0.406. The summed E-state index contributed by atoms with van der Waals surface area (Å²) >= 11 is 0. The van der Waals surface area contributed by atoms with E-state index in [9.17, 15) is 0 Å². The highest BCUT2D eigenvalue weighted by molar-refractivity contribution is 5.57. The quantitative estimate of drug-likeness (QED) is 0.864. The molecule has 4 nitrogen and oxygen atoms in total. The summed E-state index contributed by atoms with van der Waals surface area (Å²) in [6.45, 7) is 0. The second kappa shape index (κ2) is 6.11. The Labute approximate surface area is 125 Å². The molecule has 0 radical (unpaired) electrons. The molecule has 4 heteroatoms. The fraction of sp³-hybridized carbons (Fsp3) is 0.412. The number of ether oxygens (including phenoxy) is 1. The zero-order valence-electron chi connectivity index (χ0n) is 12.2. The van der Waals surface area contributed by atoms with Crippen molar-refractivity contribution < 1.29 is 4.74 Å². The summed E-state index contributed by atoms with van der Waals surface area (Å²) in [5, 5.41) is 8.88. The van der Waals surface area contributed by atoms with Crippen LogP contribution in [0, 0.1) is 11.3 Å². The van der Waals surface area contributed by atoms with E-state index in [4.69, 9.17) is 10.00 Å².